The number of likely N-dealkylation sites (tertiary alicyclic amines) is 1. The van der Waals surface area contributed by atoms with E-state index in [1.54, 1.807) is 25.6 Å². The molecule has 2 heterocycles. The molecule has 4 rings (SSSR count). The average Bonchev–Trinajstić information content (AvgIpc) is 3.23. The van der Waals surface area contributed by atoms with Crippen molar-refractivity contribution in [2.45, 2.75) is 31.7 Å². The normalized spacial score (nSPS) is 16.2. The first-order valence-corrected chi connectivity index (χ1v) is 11.5. The largest absolute Gasteiger partial charge is 0.497 e. The third-order valence-electron chi connectivity index (χ3n) is 5.90. The van der Waals surface area contributed by atoms with Crippen LogP contribution in [0.3, 0.4) is 0 Å². The van der Waals surface area contributed by atoms with Crippen molar-refractivity contribution < 1.29 is 14.3 Å². The Hall–Kier alpha value is -2.64. The Labute approximate surface area is 187 Å². The lowest BCUT2D eigenvalue weighted by Crippen LogP contribution is -2.41. The van der Waals surface area contributed by atoms with Crippen molar-refractivity contribution >= 4 is 27.5 Å². The number of hydrogen-bond acceptors (Lipinski definition) is 6. The van der Waals surface area contributed by atoms with Gasteiger partial charge in [-0.25, -0.2) is 4.98 Å². The van der Waals surface area contributed by atoms with Crippen molar-refractivity contribution in [3.05, 3.63) is 53.0 Å². The molecule has 31 heavy (non-hydrogen) atoms. The number of hydrogen-bond donors (Lipinski definition) is 1. The predicted octanol–water partition coefficient (Wildman–Crippen LogP) is 4.37. The van der Waals surface area contributed by atoms with Crippen LogP contribution >= 0.6 is 11.3 Å². The minimum Gasteiger partial charge on any atom is -0.497 e. The summed E-state index contributed by atoms with van der Waals surface area (Å²) in [4.78, 5) is 19.7. The topological polar surface area (TPSA) is 63.7 Å². The highest BCUT2D eigenvalue weighted by Gasteiger charge is 2.25. The van der Waals surface area contributed by atoms with E-state index in [0.717, 1.165) is 48.5 Å². The fourth-order valence-electron chi connectivity index (χ4n) is 4.15. The van der Waals surface area contributed by atoms with Gasteiger partial charge in [-0.05, 0) is 63.2 Å². The fourth-order valence-corrected chi connectivity index (χ4v) is 5.28. The molecule has 1 aromatic heterocycles. The number of ether oxygens (including phenoxy) is 2. The molecule has 1 atom stereocenters. The molecule has 0 spiro atoms. The van der Waals surface area contributed by atoms with Crippen LogP contribution in [0.15, 0.2) is 42.5 Å². The van der Waals surface area contributed by atoms with Crippen LogP contribution in [0.25, 0.3) is 10.2 Å². The Morgan fingerprint density at radius 2 is 1.97 bits per heavy atom. The maximum atomic E-state index is 12.7. The minimum atomic E-state index is -0.169. The van der Waals surface area contributed by atoms with Gasteiger partial charge in [0.05, 0.1) is 42.0 Å². The smallest absolute Gasteiger partial charge is 0.234 e. The van der Waals surface area contributed by atoms with E-state index >= 15 is 0 Å². The Kier molecular flexibility index (Phi) is 6.73. The van der Waals surface area contributed by atoms with Gasteiger partial charge in [-0.15, -0.1) is 11.3 Å². The van der Waals surface area contributed by atoms with E-state index in [0.29, 0.717) is 12.5 Å². The zero-order valence-electron chi connectivity index (χ0n) is 18.3. The first kappa shape index (κ1) is 21.6. The van der Waals surface area contributed by atoms with Gasteiger partial charge in [0.25, 0.3) is 0 Å². The molecule has 164 valence electrons. The molecule has 0 aliphatic carbocycles. The van der Waals surface area contributed by atoms with Gasteiger partial charge in [0.15, 0.2) is 0 Å². The highest BCUT2D eigenvalue weighted by molar-refractivity contribution is 7.18. The van der Waals surface area contributed by atoms with Gasteiger partial charge in [-0.3, -0.25) is 9.69 Å². The summed E-state index contributed by atoms with van der Waals surface area (Å²) in [5, 5.41) is 4.33. The van der Waals surface area contributed by atoms with Gasteiger partial charge in [0.2, 0.25) is 5.91 Å². The van der Waals surface area contributed by atoms with Crippen LogP contribution in [0.2, 0.25) is 0 Å². The molecule has 1 N–H and O–H groups in total. The minimum absolute atomic E-state index is 0.0239. The molecule has 7 heteroatoms. The number of piperidine rings is 1. The molecular weight excluding hydrogens is 410 g/mol. The summed E-state index contributed by atoms with van der Waals surface area (Å²) in [6, 6.07) is 13.8. The van der Waals surface area contributed by atoms with Crippen LogP contribution in [0.4, 0.5) is 0 Å². The number of amides is 1. The molecule has 0 radical (unpaired) electrons. The standard InChI is InChI=1S/C24H29N3O3S/c1-16(19-14-18(29-2)8-9-21(19)30-3)25-23(28)15-27-12-10-17(11-13-27)24-26-20-6-4-5-7-22(20)31-24/h4-9,14,16-17H,10-13,15H2,1-3H3,(H,25,28). The third kappa shape index (κ3) is 4.99. The Morgan fingerprint density at radius 3 is 2.68 bits per heavy atom. The molecule has 3 aromatic rings. The summed E-state index contributed by atoms with van der Waals surface area (Å²) in [6.07, 6.45) is 2.07. The molecule has 2 aromatic carbocycles. The predicted molar refractivity (Wildman–Crippen MR) is 124 cm³/mol. The second kappa shape index (κ2) is 9.66. The Morgan fingerprint density at radius 1 is 1.19 bits per heavy atom. The maximum absolute atomic E-state index is 12.7. The zero-order chi connectivity index (χ0) is 21.8. The quantitative estimate of drug-likeness (QED) is 0.592. The molecule has 1 aliphatic heterocycles. The number of nitrogens with one attached hydrogen (secondary N) is 1. The molecule has 1 unspecified atom stereocenters. The summed E-state index contributed by atoms with van der Waals surface area (Å²) in [7, 11) is 3.27. The summed E-state index contributed by atoms with van der Waals surface area (Å²) < 4.78 is 12.0. The molecule has 1 amide bonds. The van der Waals surface area contributed by atoms with E-state index in [2.05, 4.69) is 28.4 Å². The van der Waals surface area contributed by atoms with Gasteiger partial charge >= 0.3 is 0 Å². The number of para-hydroxylation sites is 1. The maximum Gasteiger partial charge on any atom is 0.234 e. The van der Waals surface area contributed by atoms with Crippen molar-refractivity contribution in [2.75, 3.05) is 33.9 Å². The van der Waals surface area contributed by atoms with Crippen molar-refractivity contribution in [1.82, 2.24) is 15.2 Å². The third-order valence-corrected chi connectivity index (χ3v) is 7.09. The highest BCUT2D eigenvalue weighted by Crippen LogP contribution is 2.34. The van der Waals surface area contributed by atoms with Crippen LogP contribution in [0, 0.1) is 0 Å². The number of thiazole rings is 1. The SMILES string of the molecule is COc1ccc(OC)c(C(C)NC(=O)CN2CCC(c3nc4ccccc4s3)CC2)c1. The fraction of sp³-hybridized carbons (Fsp3) is 0.417. The lowest BCUT2D eigenvalue weighted by Gasteiger charge is -2.30. The Balaban J connectivity index is 1.31. The summed E-state index contributed by atoms with van der Waals surface area (Å²) in [6.45, 7) is 4.19. The van der Waals surface area contributed by atoms with Crippen molar-refractivity contribution in [3.63, 3.8) is 0 Å². The first-order chi connectivity index (χ1) is 15.1. The first-order valence-electron chi connectivity index (χ1n) is 10.7. The summed E-state index contributed by atoms with van der Waals surface area (Å²) >= 11 is 1.80. The summed E-state index contributed by atoms with van der Waals surface area (Å²) in [5.74, 6) is 1.99. The van der Waals surface area contributed by atoms with Crippen LogP contribution in [-0.2, 0) is 4.79 Å². The number of fused-ring (bicyclic) bond motifs is 1. The second-order valence-electron chi connectivity index (χ2n) is 7.97. The van der Waals surface area contributed by atoms with E-state index in [9.17, 15) is 4.79 Å². The number of methoxy groups -OCH3 is 2. The molecule has 0 saturated carbocycles. The second-order valence-corrected chi connectivity index (χ2v) is 9.03. The van der Waals surface area contributed by atoms with Crippen molar-refractivity contribution in [3.8, 4) is 11.5 Å². The van der Waals surface area contributed by atoms with Crippen LogP contribution < -0.4 is 14.8 Å². The number of carbonyl (C=O) groups is 1. The molecular formula is C24H29N3O3S. The van der Waals surface area contributed by atoms with Crippen LogP contribution in [0.1, 0.15) is 42.3 Å². The number of carbonyl (C=O) groups excluding carboxylic acids is 1. The molecule has 1 fully saturated rings. The van der Waals surface area contributed by atoms with E-state index in [-0.39, 0.29) is 11.9 Å². The van der Waals surface area contributed by atoms with Gasteiger partial charge < -0.3 is 14.8 Å². The lowest BCUT2D eigenvalue weighted by molar-refractivity contribution is -0.123. The average molecular weight is 440 g/mol. The van der Waals surface area contributed by atoms with Crippen LogP contribution in [0.5, 0.6) is 11.5 Å². The van der Waals surface area contributed by atoms with E-state index in [4.69, 9.17) is 14.5 Å². The van der Waals surface area contributed by atoms with E-state index in [1.165, 1.54) is 9.71 Å². The molecule has 1 aliphatic rings. The molecule has 1 saturated heterocycles. The van der Waals surface area contributed by atoms with Crippen LogP contribution in [-0.4, -0.2) is 49.6 Å². The van der Waals surface area contributed by atoms with E-state index < -0.39 is 0 Å². The van der Waals surface area contributed by atoms with Gasteiger partial charge in [-0.1, -0.05) is 12.1 Å². The number of aromatic nitrogens is 1. The van der Waals surface area contributed by atoms with Gasteiger partial charge in [0.1, 0.15) is 11.5 Å². The molecule has 0 bridgehead atoms. The lowest BCUT2D eigenvalue weighted by atomic mass is 9.97. The monoisotopic (exact) mass is 439 g/mol. The summed E-state index contributed by atoms with van der Waals surface area (Å²) in [5.41, 5.74) is 2.00. The molecule has 6 nitrogen and oxygen atoms in total. The number of nitrogens with zero attached hydrogens (tertiary/aromatic N) is 2. The number of rotatable bonds is 7. The van der Waals surface area contributed by atoms with Crippen molar-refractivity contribution in [2.24, 2.45) is 0 Å². The van der Waals surface area contributed by atoms with Crippen molar-refractivity contribution in [1.29, 1.82) is 0 Å². The van der Waals surface area contributed by atoms with Gasteiger partial charge in [0, 0.05) is 11.5 Å². The zero-order valence-corrected chi connectivity index (χ0v) is 19.1. The highest BCUT2D eigenvalue weighted by atomic mass is 32.1. The van der Waals surface area contributed by atoms with E-state index in [1.807, 2.05) is 31.2 Å². The van der Waals surface area contributed by atoms with Gasteiger partial charge in [-0.2, -0.15) is 0 Å². The number of benzene rings is 2. The Bertz CT molecular complexity index is 1010.